The number of hydrogen-bond donors (Lipinski definition) is 1. The zero-order chi connectivity index (χ0) is 24.4. The molecule has 5 rings (SSSR count). The number of para-hydroxylation sites is 1. The summed E-state index contributed by atoms with van der Waals surface area (Å²) in [6.45, 7) is 0.441. The molecule has 0 radical (unpaired) electrons. The first-order valence-corrected chi connectivity index (χ1v) is 13.0. The number of piperidine rings is 1. The van der Waals surface area contributed by atoms with Crippen molar-refractivity contribution in [1.29, 1.82) is 0 Å². The van der Waals surface area contributed by atoms with Gasteiger partial charge in [-0.25, -0.2) is 12.8 Å². The number of halogens is 1. The minimum atomic E-state index is -3.73. The second-order valence-electron chi connectivity index (χ2n) is 8.67. The maximum atomic E-state index is 13.3. The number of carbonyl (C=O) groups is 1. The van der Waals surface area contributed by atoms with Crippen LogP contribution in [0.1, 0.15) is 30.2 Å². The van der Waals surface area contributed by atoms with Crippen LogP contribution in [0.15, 0.2) is 94.2 Å². The number of rotatable bonds is 6. The summed E-state index contributed by atoms with van der Waals surface area (Å²) in [5.74, 6) is -0.317. The molecule has 180 valence electrons. The van der Waals surface area contributed by atoms with Crippen molar-refractivity contribution in [3.63, 3.8) is 0 Å². The molecule has 4 aromatic rings. The van der Waals surface area contributed by atoms with Crippen LogP contribution in [-0.4, -0.2) is 31.7 Å². The highest BCUT2D eigenvalue weighted by Gasteiger charge is 2.33. The van der Waals surface area contributed by atoms with Gasteiger partial charge in [0.2, 0.25) is 15.9 Å². The highest BCUT2D eigenvalue weighted by atomic mass is 32.2. The molecule has 1 aliphatic heterocycles. The van der Waals surface area contributed by atoms with Crippen LogP contribution < -0.4 is 5.32 Å². The predicted molar refractivity (Wildman–Crippen MR) is 131 cm³/mol. The van der Waals surface area contributed by atoms with Gasteiger partial charge in [-0.2, -0.15) is 4.31 Å². The van der Waals surface area contributed by atoms with Crippen molar-refractivity contribution in [3.8, 4) is 0 Å². The summed E-state index contributed by atoms with van der Waals surface area (Å²) in [7, 11) is -3.73. The number of amides is 1. The van der Waals surface area contributed by atoms with Gasteiger partial charge in [0, 0.05) is 24.4 Å². The van der Waals surface area contributed by atoms with E-state index in [-0.39, 0.29) is 29.8 Å². The van der Waals surface area contributed by atoms with E-state index in [0.29, 0.717) is 18.6 Å². The van der Waals surface area contributed by atoms with Crippen LogP contribution in [0.4, 0.5) is 4.39 Å². The fourth-order valence-corrected chi connectivity index (χ4v) is 5.95. The van der Waals surface area contributed by atoms with Crippen LogP contribution in [0.2, 0.25) is 0 Å². The Bertz CT molecular complexity index is 1390. The molecule has 1 N–H and O–H groups in total. The molecule has 0 aliphatic carbocycles. The molecule has 0 bridgehead atoms. The number of nitrogens with zero attached hydrogens (tertiary/aromatic N) is 1. The molecule has 1 atom stereocenters. The highest BCUT2D eigenvalue weighted by Crippen LogP contribution is 2.30. The Morgan fingerprint density at radius 3 is 2.29 bits per heavy atom. The minimum Gasteiger partial charge on any atom is -0.459 e. The summed E-state index contributed by atoms with van der Waals surface area (Å²) in [4.78, 5) is 13.3. The van der Waals surface area contributed by atoms with Gasteiger partial charge in [0.05, 0.1) is 4.90 Å². The topological polar surface area (TPSA) is 79.6 Å². The van der Waals surface area contributed by atoms with E-state index in [4.69, 9.17) is 4.42 Å². The van der Waals surface area contributed by atoms with Gasteiger partial charge in [-0.15, -0.1) is 0 Å². The summed E-state index contributed by atoms with van der Waals surface area (Å²) in [5.41, 5.74) is 1.65. The molecule has 1 fully saturated rings. The van der Waals surface area contributed by atoms with E-state index in [0.717, 1.165) is 28.7 Å². The summed E-state index contributed by atoms with van der Waals surface area (Å²) < 4.78 is 46.4. The average Bonchev–Trinajstić information content (AvgIpc) is 3.32. The molecular weight excluding hydrogens is 467 g/mol. The van der Waals surface area contributed by atoms with Gasteiger partial charge in [-0.1, -0.05) is 48.5 Å². The second kappa shape index (κ2) is 9.64. The van der Waals surface area contributed by atoms with Crippen molar-refractivity contribution < 1.29 is 22.0 Å². The highest BCUT2D eigenvalue weighted by molar-refractivity contribution is 7.89. The van der Waals surface area contributed by atoms with E-state index in [1.54, 1.807) is 0 Å². The molecule has 0 spiro atoms. The standard InChI is InChI=1S/C27H25FN2O4S/c28-22-10-12-23(13-11-22)35(32,33)30-16-14-20(15-17-30)27(31)29-26(19-6-2-1-3-7-19)25-18-21-8-4-5-9-24(21)34-25/h1-13,18,20,26H,14-17H2,(H,29,31). The van der Waals surface area contributed by atoms with E-state index in [9.17, 15) is 17.6 Å². The van der Waals surface area contributed by atoms with E-state index < -0.39 is 21.9 Å². The van der Waals surface area contributed by atoms with Crippen molar-refractivity contribution in [1.82, 2.24) is 9.62 Å². The third kappa shape index (κ3) is 4.85. The molecule has 1 aromatic heterocycles. The Morgan fingerprint density at radius 1 is 0.943 bits per heavy atom. The number of hydrogen-bond acceptors (Lipinski definition) is 4. The first-order chi connectivity index (χ1) is 16.9. The summed E-state index contributed by atoms with van der Waals surface area (Å²) in [5, 5.41) is 4.08. The van der Waals surface area contributed by atoms with Crippen LogP contribution >= 0.6 is 0 Å². The monoisotopic (exact) mass is 492 g/mol. The van der Waals surface area contributed by atoms with Crippen LogP contribution in [-0.2, 0) is 14.8 Å². The lowest BCUT2D eigenvalue weighted by Crippen LogP contribution is -2.43. The predicted octanol–water partition coefficient (Wildman–Crippen LogP) is 4.88. The first kappa shape index (κ1) is 23.3. The zero-order valence-corrected chi connectivity index (χ0v) is 19.7. The van der Waals surface area contributed by atoms with Crippen molar-refractivity contribution in [2.75, 3.05) is 13.1 Å². The second-order valence-corrected chi connectivity index (χ2v) is 10.6. The normalized spacial score (nSPS) is 16.3. The van der Waals surface area contributed by atoms with Crippen LogP contribution in [0.25, 0.3) is 11.0 Å². The van der Waals surface area contributed by atoms with E-state index in [2.05, 4.69) is 5.32 Å². The molecule has 8 heteroatoms. The van der Waals surface area contributed by atoms with Gasteiger partial charge in [-0.3, -0.25) is 4.79 Å². The van der Waals surface area contributed by atoms with Crippen molar-refractivity contribution in [2.24, 2.45) is 5.92 Å². The quantitative estimate of drug-likeness (QED) is 0.416. The van der Waals surface area contributed by atoms with Gasteiger partial charge < -0.3 is 9.73 Å². The molecule has 2 heterocycles. The van der Waals surface area contributed by atoms with Gasteiger partial charge in [0.25, 0.3) is 0 Å². The van der Waals surface area contributed by atoms with Gasteiger partial charge >= 0.3 is 0 Å². The molecule has 0 saturated carbocycles. The Kier molecular flexibility index (Phi) is 6.40. The lowest BCUT2D eigenvalue weighted by atomic mass is 9.95. The van der Waals surface area contributed by atoms with Crippen molar-refractivity contribution >= 4 is 26.9 Å². The number of furan rings is 1. The van der Waals surface area contributed by atoms with Crippen molar-refractivity contribution in [3.05, 3.63) is 102 Å². The summed E-state index contributed by atoms with van der Waals surface area (Å²) in [6.07, 6.45) is 0.793. The molecule has 1 aliphatic rings. The van der Waals surface area contributed by atoms with E-state index in [1.807, 2.05) is 60.7 Å². The number of fused-ring (bicyclic) bond motifs is 1. The molecule has 6 nitrogen and oxygen atoms in total. The van der Waals surface area contributed by atoms with Gasteiger partial charge in [0.1, 0.15) is 23.2 Å². The number of benzene rings is 3. The number of carbonyl (C=O) groups excluding carboxylic acids is 1. The van der Waals surface area contributed by atoms with E-state index >= 15 is 0 Å². The molecule has 1 amide bonds. The van der Waals surface area contributed by atoms with Crippen molar-refractivity contribution in [2.45, 2.75) is 23.8 Å². The lowest BCUT2D eigenvalue weighted by Gasteiger charge is -2.31. The summed E-state index contributed by atoms with van der Waals surface area (Å²) in [6, 6.07) is 23.6. The maximum absolute atomic E-state index is 13.3. The lowest BCUT2D eigenvalue weighted by molar-refractivity contribution is -0.126. The minimum absolute atomic E-state index is 0.0517. The Morgan fingerprint density at radius 2 is 1.60 bits per heavy atom. The van der Waals surface area contributed by atoms with Crippen LogP contribution in [0.5, 0.6) is 0 Å². The largest absolute Gasteiger partial charge is 0.459 e. The fourth-order valence-electron chi connectivity index (χ4n) is 4.48. The Labute approximate surface area is 203 Å². The molecule has 3 aromatic carbocycles. The van der Waals surface area contributed by atoms with E-state index in [1.165, 1.54) is 16.4 Å². The number of nitrogens with one attached hydrogen (secondary N) is 1. The summed E-state index contributed by atoms with van der Waals surface area (Å²) >= 11 is 0. The maximum Gasteiger partial charge on any atom is 0.243 e. The molecule has 35 heavy (non-hydrogen) atoms. The number of sulfonamides is 1. The molecular formula is C27H25FN2O4S. The third-order valence-corrected chi connectivity index (χ3v) is 8.34. The molecule has 1 saturated heterocycles. The smallest absolute Gasteiger partial charge is 0.243 e. The Balaban J connectivity index is 1.31. The molecule has 1 unspecified atom stereocenters. The SMILES string of the molecule is O=C(NC(c1ccccc1)c1cc2ccccc2o1)C1CCN(S(=O)(=O)c2ccc(F)cc2)CC1. The average molecular weight is 493 g/mol. The Hall–Kier alpha value is -3.49. The van der Waals surface area contributed by atoms with Crippen LogP contribution in [0.3, 0.4) is 0 Å². The fraction of sp³-hybridized carbons (Fsp3) is 0.222. The third-order valence-electron chi connectivity index (χ3n) is 6.42. The first-order valence-electron chi connectivity index (χ1n) is 11.5. The van der Waals surface area contributed by atoms with Crippen LogP contribution in [0, 0.1) is 11.7 Å². The zero-order valence-electron chi connectivity index (χ0n) is 18.9. The van der Waals surface area contributed by atoms with Gasteiger partial charge in [0.15, 0.2) is 0 Å². The van der Waals surface area contributed by atoms with Gasteiger partial charge in [-0.05, 0) is 54.8 Å².